The summed E-state index contributed by atoms with van der Waals surface area (Å²) in [5, 5.41) is 13.2. The van der Waals surface area contributed by atoms with Gasteiger partial charge in [0.25, 0.3) is 5.91 Å². The van der Waals surface area contributed by atoms with Crippen molar-refractivity contribution in [3.05, 3.63) is 53.7 Å². The molecule has 2 aromatic carbocycles. The van der Waals surface area contributed by atoms with Crippen molar-refractivity contribution in [2.75, 3.05) is 6.54 Å². The third-order valence-corrected chi connectivity index (χ3v) is 4.46. The van der Waals surface area contributed by atoms with Gasteiger partial charge in [-0.3, -0.25) is 19.7 Å². The molecule has 140 valence electrons. The smallest absolute Gasteiger partial charge is 0.303 e. The number of imide groups is 1. The van der Waals surface area contributed by atoms with Crippen LogP contribution in [0, 0.1) is 0 Å². The number of rotatable bonds is 7. The lowest BCUT2D eigenvalue weighted by atomic mass is 10.1. The van der Waals surface area contributed by atoms with E-state index in [4.69, 9.17) is 5.21 Å². The second kappa shape index (κ2) is 8.46. The van der Waals surface area contributed by atoms with Crippen LogP contribution in [-0.2, 0) is 9.59 Å². The maximum absolute atomic E-state index is 12.5. The van der Waals surface area contributed by atoms with Gasteiger partial charge in [0.15, 0.2) is 0 Å². The minimum absolute atomic E-state index is 0.212. The number of unbranched alkanes of at least 4 members (excludes halogenated alkanes) is 2. The first-order chi connectivity index (χ1) is 13.1. The highest BCUT2D eigenvalue weighted by atomic mass is 16.5. The van der Waals surface area contributed by atoms with Gasteiger partial charge < -0.3 is 5.32 Å². The first-order valence-corrected chi connectivity index (χ1v) is 8.85. The fourth-order valence-electron chi connectivity index (χ4n) is 3.03. The summed E-state index contributed by atoms with van der Waals surface area (Å²) in [5.41, 5.74) is 2.68. The number of benzene rings is 2. The Morgan fingerprint density at radius 2 is 1.85 bits per heavy atom. The highest BCUT2D eigenvalue weighted by Gasteiger charge is 2.32. The molecule has 3 N–H and O–H groups in total. The largest absolute Gasteiger partial charge is 0.329 e. The summed E-state index contributed by atoms with van der Waals surface area (Å²) < 4.78 is 0. The maximum Gasteiger partial charge on any atom is 0.329 e. The van der Waals surface area contributed by atoms with E-state index in [1.54, 1.807) is 11.6 Å². The number of carbonyl (C=O) groups is 3. The number of nitrogens with zero attached hydrogens (tertiary/aromatic N) is 1. The Morgan fingerprint density at radius 3 is 2.63 bits per heavy atom. The number of urea groups is 1. The van der Waals surface area contributed by atoms with Gasteiger partial charge in [0.1, 0.15) is 5.70 Å². The van der Waals surface area contributed by atoms with Gasteiger partial charge in [0.2, 0.25) is 5.91 Å². The van der Waals surface area contributed by atoms with Crippen LogP contribution >= 0.6 is 0 Å². The highest BCUT2D eigenvalue weighted by Crippen LogP contribution is 2.19. The van der Waals surface area contributed by atoms with Crippen LogP contribution in [0.1, 0.15) is 31.2 Å². The van der Waals surface area contributed by atoms with Crippen molar-refractivity contribution in [2.24, 2.45) is 0 Å². The van der Waals surface area contributed by atoms with Crippen molar-refractivity contribution in [1.29, 1.82) is 0 Å². The fraction of sp³-hybridized carbons (Fsp3) is 0.250. The fourth-order valence-corrected chi connectivity index (χ4v) is 3.03. The van der Waals surface area contributed by atoms with Crippen LogP contribution in [-0.4, -0.2) is 34.5 Å². The Morgan fingerprint density at radius 1 is 1.07 bits per heavy atom. The molecule has 3 rings (SSSR count). The zero-order valence-electron chi connectivity index (χ0n) is 14.8. The predicted molar refractivity (Wildman–Crippen MR) is 101 cm³/mol. The van der Waals surface area contributed by atoms with E-state index in [2.05, 4.69) is 5.32 Å². The molecule has 0 saturated carbocycles. The Kier molecular flexibility index (Phi) is 5.83. The molecule has 1 fully saturated rings. The van der Waals surface area contributed by atoms with E-state index in [1.807, 2.05) is 42.5 Å². The normalized spacial score (nSPS) is 15.4. The molecule has 1 aliphatic heterocycles. The summed E-state index contributed by atoms with van der Waals surface area (Å²) in [5.74, 6) is -0.785. The number of amides is 4. The second-order valence-electron chi connectivity index (χ2n) is 6.40. The third kappa shape index (κ3) is 4.51. The van der Waals surface area contributed by atoms with Gasteiger partial charge in [-0.1, -0.05) is 42.8 Å². The molecule has 7 nitrogen and oxygen atoms in total. The van der Waals surface area contributed by atoms with E-state index >= 15 is 0 Å². The van der Waals surface area contributed by atoms with Crippen molar-refractivity contribution in [2.45, 2.75) is 25.7 Å². The molecule has 0 aromatic heterocycles. The van der Waals surface area contributed by atoms with Gasteiger partial charge in [-0.25, -0.2) is 10.3 Å². The van der Waals surface area contributed by atoms with Gasteiger partial charge in [0.05, 0.1) is 0 Å². The van der Waals surface area contributed by atoms with Crippen molar-refractivity contribution >= 4 is 34.7 Å². The van der Waals surface area contributed by atoms with E-state index in [0.717, 1.165) is 16.3 Å². The predicted octanol–water partition coefficient (Wildman–Crippen LogP) is 2.80. The number of fused-ring (bicyclic) bond motifs is 1. The van der Waals surface area contributed by atoms with Crippen molar-refractivity contribution < 1.29 is 19.6 Å². The topological polar surface area (TPSA) is 98.7 Å². The molecule has 0 spiro atoms. The molecule has 1 aliphatic rings. The minimum atomic E-state index is -0.439. The van der Waals surface area contributed by atoms with Gasteiger partial charge in [0, 0.05) is 13.0 Å². The van der Waals surface area contributed by atoms with Crippen molar-refractivity contribution in [3.8, 4) is 0 Å². The summed E-state index contributed by atoms with van der Waals surface area (Å²) >= 11 is 0. The molecular formula is C20H21N3O4. The van der Waals surface area contributed by atoms with E-state index in [0.29, 0.717) is 25.8 Å². The molecule has 4 amide bonds. The summed E-state index contributed by atoms with van der Waals surface area (Å²) in [6.45, 7) is 0.292. The molecule has 0 aliphatic carbocycles. The Hall–Kier alpha value is -3.19. The molecule has 1 heterocycles. The average Bonchev–Trinajstić information content (AvgIpc) is 2.94. The Bertz CT molecular complexity index is 907. The first-order valence-electron chi connectivity index (χ1n) is 8.85. The van der Waals surface area contributed by atoms with Gasteiger partial charge in [-0.15, -0.1) is 0 Å². The number of nitrogens with one attached hydrogen (secondary N) is 2. The number of hydrogen-bond acceptors (Lipinski definition) is 4. The van der Waals surface area contributed by atoms with Crippen LogP contribution < -0.4 is 10.8 Å². The summed E-state index contributed by atoms with van der Waals surface area (Å²) in [6.07, 6.45) is 3.74. The lowest BCUT2D eigenvalue weighted by Crippen LogP contribution is -2.31. The molecule has 2 aromatic rings. The van der Waals surface area contributed by atoms with Gasteiger partial charge >= 0.3 is 6.03 Å². The van der Waals surface area contributed by atoms with Crippen molar-refractivity contribution in [1.82, 2.24) is 15.7 Å². The average molecular weight is 367 g/mol. The van der Waals surface area contributed by atoms with Crippen LogP contribution in [0.25, 0.3) is 16.8 Å². The van der Waals surface area contributed by atoms with Crippen LogP contribution in [0.5, 0.6) is 0 Å². The number of carbonyl (C=O) groups excluding carboxylic acids is 3. The lowest BCUT2D eigenvalue weighted by molar-refractivity contribution is -0.129. The van der Waals surface area contributed by atoms with E-state index < -0.39 is 11.9 Å². The number of hydroxylamine groups is 1. The standard InChI is InChI=1S/C20H21N3O4/c24-18(22-27)8-2-1-5-11-23-19(25)17(21-20(23)26)13-14-9-10-15-6-3-4-7-16(15)12-14/h3-4,6-7,9-10,12-13,27H,1-2,5,8,11H2,(H,21,26)(H,22,24)/b17-13-. The summed E-state index contributed by atoms with van der Waals surface area (Å²) in [7, 11) is 0. The van der Waals surface area contributed by atoms with Crippen LogP contribution in [0.4, 0.5) is 4.79 Å². The zero-order valence-corrected chi connectivity index (χ0v) is 14.8. The monoisotopic (exact) mass is 367 g/mol. The maximum atomic E-state index is 12.5. The van der Waals surface area contributed by atoms with Crippen molar-refractivity contribution in [3.63, 3.8) is 0 Å². The summed E-state index contributed by atoms with van der Waals surface area (Å²) in [4.78, 5) is 36.7. The molecule has 0 bridgehead atoms. The SMILES string of the molecule is O=C(CCCCCN1C(=O)N/C(=C\c2ccc3ccccc3c2)C1=O)NO. The Balaban J connectivity index is 1.61. The molecule has 0 radical (unpaired) electrons. The van der Waals surface area contributed by atoms with E-state index in [1.165, 1.54) is 4.90 Å². The van der Waals surface area contributed by atoms with Gasteiger partial charge in [-0.05, 0) is 41.3 Å². The Labute approximate surface area is 156 Å². The molecule has 0 atom stereocenters. The minimum Gasteiger partial charge on any atom is -0.303 e. The quantitative estimate of drug-likeness (QED) is 0.230. The lowest BCUT2D eigenvalue weighted by Gasteiger charge is -2.11. The van der Waals surface area contributed by atoms with Gasteiger partial charge in [-0.2, -0.15) is 0 Å². The molecule has 0 unspecified atom stereocenters. The first kappa shape index (κ1) is 18.6. The van der Waals surface area contributed by atoms with Crippen LogP contribution in [0.2, 0.25) is 0 Å². The van der Waals surface area contributed by atoms with Crippen LogP contribution in [0.3, 0.4) is 0 Å². The molecular weight excluding hydrogens is 346 g/mol. The molecule has 1 saturated heterocycles. The highest BCUT2D eigenvalue weighted by molar-refractivity contribution is 6.14. The number of hydrogen-bond donors (Lipinski definition) is 3. The zero-order chi connectivity index (χ0) is 19.2. The summed E-state index contributed by atoms with van der Waals surface area (Å²) in [6, 6.07) is 13.4. The van der Waals surface area contributed by atoms with E-state index in [-0.39, 0.29) is 18.0 Å². The molecule has 27 heavy (non-hydrogen) atoms. The molecule has 7 heteroatoms. The second-order valence-corrected chi connectivity index (χ2v) is 6.40. The van der Waals surface area contributed by atoms with Crippen LogP contribution in [0.15, 0.2) is 48.2 Å². The third-order valence-electron chi connectivity index (χ3n) is 4.46. The van der Waals surface area contributed by atoms with E-state index in [9.17, 15) is 14.4 Å².